The third-order valence-electron chi connectivity index (χ3n) is 3.47. The van der Waals surface area contributed by atoms with Crippen molar-refractivity contribution in [3.05, 3.63) is 16.7 Å². The van der Waals surface area contributed by atoms with Crippen molar-refractivity contribution in [2.75, 3.05) is 12.3 Å². The van der Waals surface area contributed by atoms with E-state index in [1.165, 1.54) is 10.9 Å². The molecule has 3 heterocycles. The second kappa shape index (κ2) is 15.6. The van der Waals surface area contributed by atoms with Gasteiger partial charge in [-0.1, -0.05) is 0 Å². The van der Waals surface area contributed by atoms with E-state index in [0.717, 1.165) is 0 Å². The number of imidazole rings is 1. The average Bonchev–Trinajstić information content (AvgIpc) is 3.00. The van der Waals surface area contributed by atoms with Crippen LogP contribution >= 0.6 is 7.82 Å². The number of aromatic amines is 1. The Labute approximate surface area is 176 Å². The highest BCUT2D eigenvalue weighted by Crippen LogP contribution is 2.38. The van der Waals surface area contributed by atoms with Crippen molar-refractivity contribution in [1.82, 2.24) is 19.5 Å². The fourth-order valence-electron chi connectivity index (χ4n) is 2.40. The van der Waals surface area contributed by atoms with Gasteiger partial charge in [-0.3, -0.25) is 18.9 Å². The van der Waals surface area contributed by atoms with Crippen molar-refractivity contribution in [2.45, 2.75) is 24.5 Å². The molecule has 1 saturated heterocycles. The number of aliphatic hydroxyl groups is 2. The third-order valence-corrected chi connectivity index (χ3v) is 3.95. The molecule has 23 N–H and O–H groups in total. The molecule has 2 aromatic heterocycles. The normalized spacial score (nSPS) is 20.9. The van der Waals surface area contributed by atoms with Crippen LogP contribution in [-0.4, -0.2) is 108 Å². The molecule has 32 heavy (non-hydrogen) atoms. The number of phosphoric acid groups is 1. The van der Waals surface area contributed by atoms with E-state index in [-0.39, 0.29) is 60.9 Å². The Hall–Kier alpha value is -2.18. The number of rotatable bonds is 4. The van der Waals surface area contributed by atoms with Crippen LogP contribution in [0.4, 0.5) is 5.95 Å². The number of aromatic nitrogens is 4. The van der Waals surface area contributed by atoms with Gasteiger partial charge in [0.1, 0.15) is 18.3 Å². The Morgan fingerprint density at radius 2 is 1.62 bits per heavy atom. The minimum Gasteiger partial charge on any atom is -0.412 e. The second-order valence-electron chi connectivity index (χ2n) is 5.11. The monoisotopic (exact) mass is 507 g/mol. The van der Waals surface area contributed by atoms with E-state index in [4.69, 9.17) is 20.3 Å². The first-order valence-corrected chi connectivity index (χ1v) is 8.14. The largest absolute Gasteiger partial charge is 0.469 e. The summed E-state index contributed by atoms with van der Waals surface area (Å²) in [6, 6.07) is 0. The molecule has 4 atom stereocenters. The predicted molar refractivity (Wildman–Crippen MR) is 105 cm³/mol. The number of hydrogen-bond acceptors (Lipinski definition) is 9. The van der Waals surface area contributed by atoms with Gasteiger partial charge in [0.2, 0.25) is 5.95 Å². The van der Waals surface area contributed by atoms with Gasteiger partial charge in [-0.05, 0) is 0 Å². The van der Waals surface area contributed by atoms with Crippen LogP contribution in [0.15, 0.2) is 11.1 Å². The van der Waals surface area contributed by atoms with Gasteiger partial charge >= 0.3 is 7.82 Å². The van der Waals surface area contributed by atoms with E-state index in [1.807, 2.05) is 0 Å². The summed E-state index contributed by atoms with van der Waals surface area (Å²) in [5, 5.41) is 20.1. The number of nitrogens with two attached hydrogens (primary N) is 1. The maximum absolute atomic E-state index is 11.7. The van der Waals surface area contributed by atoms with Crippen molar-refractivity contribution in [1.29, 1.82) is 0 Å². The summed E-state index contributed by atoms with van der Waals surface area (Å²) in [6.07, 6.45) is -4.22. The van der Waals surface area contributed by atoms with E-state index >= 15 is 0 Å². The molecule has 1 fully saturated rings. The summed E-state index contributed by atoms with van der Waals surface area (Å²) in [6.45, 7) is -0.651. The van der Waals surface area contributed by atoms with Crippen LogP contribution < -0.4 is 11.3 Å². The number of ether oxygens (including phenoxy) is 1. The fraction of sp³-hybridized carbons (Fsp3) is 0.500. The summed E-state index contributed by atoms with van der Waals surface area (Å²) >= 11 is 0. The second-order valence-corrected chi connectivity index (χ2v) is 6.35. The summed E-state index contributed by atoms with van der Waals surface area (Å²) < 4.78 is 21.6. The molecule has 1 aliphatic rings. The van der Waals surface area contributed by atoms with Crippen LogP contribution in [0.25, 0.3) is 11.2 Å². The Morgan fingerprint density at radius 1 is 1.09 bits per heavy atom. The summed E-state index contributed by atoms with van der Waals surface area (Å²) in [5.74, 6) is -0.177. The third kappa shape index (κ3) is 8.40. The zero-order valence-corrected chi connectivity index (χ0v) is 16.8. The van der Waals surface area contributed by atoms with Crippen LogP contribution in [0.1, 0.15) is 6.23 Å². The van der Waals surface area contributed by atoms with Crippen molar-refractivity contribution >= 4 is 24.9 Å². The average molecular weight is 507 g/mol. The van der Waals surface area contributed by atoms with Crippen molar-refractivity contribution in [3.8, 4) is 0 Å². The lowest BCUT2D eigenvalue weighted by Crippen LogP contribution is -2.33. The Kier molecular flexibility index (Phi) is 21.3. The number of hydrogen-bond donors (Lipinski definition) is 6. The highest BCUT2D eigenvalue weighted by molar-refractivity contribution is 7.46. The van der Waals surface area contributed by atoms with Gasteiger partial charge in [0.25, 0.3) is 5.56 Å². The molecule has 196 valence electrons. The molecular formula is C10H30N5O16P. The first-order valence-electron chi connectivity index (χ1n) is 6.61. The number of nitrogens with zero attached hydrogens (tertiary/aromatic N) is 3. The highest BCUT2D eigenvalue weighted by Gasteiger charge is 2.45. The molecule has 0 amide bonds. The number of anilines is 1. The maximum atomic E-state index is 11.7. The minimum atomic E-state index is -4.76. The molecule has 2 aromatic rings. The molecule has 0 aliphatic carbocycles. The maximum Gasteiger partial charge on any atom is 0.469 e. The molecule has 3 rings (SSSR count). The summed E-state index contributed by atoms with van der Waals surface area (Å²) in [4.78, 5) is 39.1. The quantitative estimate of drug-likeness (QED) is 0.211. The Morgan fingerprint density at radius 3 is 2.12 bits per heavy atom. The van der Waals surface area contributed by atoms with Gasteiger partial charge in [-0.15, -0.1) is 0 Å². The minimum absolute atomic E-state index is 0. The van der Waals surface area contributed by atoms with Gasteiger partial charge in [0, 0.05) is 0 Å². The molecule has 0 radical (unpaired) electrons. The first-order chi connectivity index (χ1) is 11.2. The van der Waals surface area contributed by atoms with Gasteiger partial charge in [-0.2, -0.15) is 4.98 Å². The molecule has 0 bridgehead atoms. The van der Waals surface area contributed by atoms with Gasteiger partial charge in [0.15, 0.2) is 17.4 Å². The van der Waals surface area contributed by atoms with Gasteiger partial charge < -0.3 is 74.3 Å². The Bertz CT molecular complexity index is 871. The van der Waals surface area contributed by atoms with Gasteiger partial charge in [-0.25, -0.2) is 9.55 Å². The van der Waals surface area contributed by atoms with E-state index in [2.05, 4.69) is 19.5 Å². The summed E-state index contributed by atoms with van der Waals surface area (Å²) in [7, 11) is -4.76. The number of phosphoric ester groups is 1. The molecule has 0 aromatic carbocycles. The van der Waals surface area contributed by atoms with E-state index in [0.29, 0.717) is 0 Å². The molecule has 1 aliphatic heterocycles. The number of nitrogen functional groups attached to an aromatic ring is 1. The van der Waals surface area contributed by atoms with E-state index in [1.54, 1.807) is 0 Å². The lowest BCUT2D eigenvalue weighted by Gasteiger charge is -2.16. The van der Waals surface area contributed by atoms with Crippen molar-refractivity contribution in [2.24, 2.45) is 0 Å². The smallest absolute Gasteiger partial charge is 0.412 e. The molecule has 0 spiro atoms. The molecule has 21 nitrogen and oxygen atoms in total. The van der Waals surface area contributed by atoms with Crippen LogP contribution in [0.5, 0.6) is 0 Å². The lowest BCUT2D eigenvalue weighted by atomic mass is 10.1. The van der Waals surface area contributed by atoms with Crippen molar-refractivity contribution < 1.29 is 77.6 Å². The fourth-order valence-corrected chi connectivity index (χ4v) is 2.74. The zero-order valence-electron chi connectivity index (χ0n) is 15.9. The molecule has 22 heteroatoms. The first kappa shape index (κ1) is 43.7. The number of aliphatic hydroxyl groups excluding tert-OH is 2. The summed E-state index contributed by atoms with van der Waals surface area (Å²) in [5.41, 5.74) is 4.84. The SMILES string of the molecule is Nc1nc2c(ncn2[C@@H]2O[C@H](COP(=O)(O)O)[C@@H](O)[C@H]2O)c(=O)[nH]1.O.O.O.O.O.O.O.O. The number of fused-ring (bicyclic) bond motifs is 1. The molecule has 0 saturated carbocycles. The lowest BCUT2D eigenvalue weighted by molar-refractivity contribution is -0.0503. The predicted octanol–water partition coefficient (Wildman–Crippen LogP) is -9.17. The highest BCUT2D eigenvalue weighted by atomic mass is 31.2. The molecule has 0 unspecified atom stereocenters. The van der Waals surface area contributed by atoms with Gasteiger partial charge in [0.05, 0.1) is 12.9 Å². The number of nitrogens with one attached hydrogen (secondary N) is 1. The molecular weight excluding hydrogens is 477 g/mol. The topological polar surface area (TPSA) is 458 Å². The van der Waals surface area contributed by atoms with Crippen LogP contribution in [0, 0.1) is 0 Å². The number of H-pyrrole nitrogens is 1. The standard InChI is InChI=1S/C10H14N5O8P.8H2O/c11-10-13-7-4(8(18)14-10)12-2-15(7)9-6(17)5(16)3(23-9)1-22-24(19,20)21;;;;;;;;/h2-3,5-6,9,16-17H,1H2,(H2,19,20,21)(H3,11,13,14,18);8*1H2/t3-,5-,6-,9-;;;;;;;;/m1......../s1. The van der Waals surface area contributed by atoms with E-state index in [9.17, 15) is 19.6 Å². The Balaban J connectivity index is -0.000000211. The van der Waals surface area contributed by atoms with E-state index < -0.39 is 44.5 Å². The van der Waals surface area contributed by atoms with Crippen LogP contribution in [0.2, 0.25) is 0 Å². The zero-order chi connectivity index (χ0) is 17.6. The van der Waals surface area contributed by atoms with Crippen LogP contribution in [0.3, 0.4) is 0 Å². The van der Waals surface area contributed by atoms with Crippen molar-refractivity contribution in [3.63, 3.8) is 0 Å². The van der Waals surface area contributed by atoms with Crippen LogP contribution in [-0.2, 0) is 13.8 Å².